The Bertz CT molecular complexity index is 455. The second-order valence-corrected chi connectivity index (χ2v) is 4.49. The molecule has 1 saturated heterocycles. The fraction of sp³-hybridized carbons (Fsp3) is 0.538. The van der Waals surface area contributed by atoms with E-state index in [2.05, 4.69) is 15.4 Å². The van der Waals surface area contributed by atoms with Crippen LogP contribution in [-0.4, -0.2) is 31.6 Å². The molecule has 1 aliphatic rings. The lowest BCUT2D eigenvalue weighted by atomic mass is 10.1. The van der Waals surface area contributed by atoms with Gasteiger partial charge >= 0.3 is 5.97 Å². The van der Waals surface area contributed by atoms with Crippen LogP contribution in [0.1, 0.15) is 35.4 Å². The van der Waals surface area contributed by atoms with Crippen molar-refractivity contribution < 1.29 is 18.7 Å². The summed E-state index contributed by atoms with van der Waals surface area (Å²) in [5.74, 6) is -0.309. The average molecular weight is 266 g/mol. The fourth-order valence-electron chi connectivity index (χ4n) is 2.11. The van der Waals surface area contributed by atoms with E-state index in [1.165, 1.54) is 13.4 Å². The molecule has 0 bridgehead atoms. The Labute approximate surface area is 111 Å². The molecule has 0 saturated carbocycles. The number of methoxy groups -OCH3 is 1. The highest BCUT2D eigenvalue weighted by atomic mass is 16.5. The van der Waals surface area contributed by atoms with Crippen LogP contribution in [0, 0.1) is 0 Å². The third-order valence-electron chi connectivity index (χ3n) is 3.19. The molecule has 104 valence electrons. The van der Waals surface area contributed by atoms with E-state index >= 15 is 0 Å². The van der Waals surface area contributed by atoms with Crippen molar-refractivity contribution >= 4 is 11.9 Å². The summed E-state index contributed by atoms with van der Waals surface area (Å²) >= 11 is 0. The second-order valence-electron chi connectivity index (χ2n) is 4.49. The van der Waals surface area contributed by atoms with Gasteiger partial charge in [0.25, 0.3) is 0 Å². The monoisotopic (exact) mass is 266 g/mol. The van der Waals surface area contributed by atoms with Crippen molar-refractivity contribution in [3.8, 4) is 0 Å². The van der Waals surface area contributed by atoms with Gasteiger partial charge in [0, 0.05) is 18.7 Å². The number of rotatable bonds is 4. The number of nitrogens with one attached hydrogen (secondary N) is 2. The Kier molecular flexibility index (Phi) is 4.57. The van der Waals surface area contributed by atoms with Crippen molar-refractivity contribution in [3.63, 3.8) is 0 Å². The molecule has 1 amide bonds. The van der Waals surface area contributed by atoms with Gasteiger partial charge in [0.1, 0.15) is 0 Å². The van der Waals surface area contributed by atoms with Crippen LogP contribution in [0.5, 0.6) is 0 Å². The largest absolute Gasteiger partial charge is 0.463 e. The summed E-state index contributed by atoms with van der Waals surface area (Å²) in [6.45, 7) is 1.13. The van der Waals surface area contributed by atoms with E-state index in [0.717, 1.165) is 25.8 Å². The van der Waals surface area contributed by atoms with Crippen LogP contribution in [0.2, 0.25) is 0 Å². The molecule has 1 fully saturated rings. The molecule has 1 unspecified atom stereocenters. The van der Waals surface area contributed by atoms with Gasteiger partial charge in [-0.15, -0.1) is 0 Å². The molecule has 1 atom stereocenters. The Balaban J connectivity index is 1.96. The van der Waals surface area contributed by atoms with Crippen molar-refractivity contribution in [2.45, 2.75) is 31.8 Å². The Morgan fingerprint density at radius 2 is 2.42 bits per heavy atom. The fourth-order valence-corrected chi connectivity index (χ4v) is 2.11. The first-order valence-corrected chi connectivity index (χ1v) is 6.38. The van der Waals surface area contributed by atoms with Gasteiger partial charge in [0.2, 0.25) is 11.7 Å². The van der Waals surface area contributed by atoms with Gasteiger partial charge in [-0.1, -0.05) is 0 Å². The first kappa shape index (κ1) is 13.6. The lowest BCUT2D eigenvalue weighted by Crippen LogP contribution is -2.42. The normalized spacial score (nSPS) is 19.6. The molecule has 6 heteroatoms. The van der Waals surface area contributed by atoms with Gasteiger partial charge in [-0.3, -0.25) is 4.79 Å². The van der Waals surface area contributed by atoms with E-state index in [9.17, 15) is 9.59 Å². The Morgan fingerprint density at radius 3 is 3.21 bits per heavy atom. The molecular formula is C13H18N2O4. The molecule has 1 aliphatic heterocycles. The van der Waals surface area contributed by atoms with Gasteiger partial charge in [-0.05, 0) is 25.3 Å². The summed E-state index contributed by atoms with van der Waals surface area (Å²) in [5, 5.41) is 6.01. The highest BCUT2D eigenvalue weighted by molar-refractivity contribution is 5.87. The van der Waals surface area contributed by atoms with Gasteiger partial charge in [-0.25, -0.2) is 4.79 Å². The third-order valence-corrected chi connectivity index (χ3v) is 3.19. The van der Waals surface area contributed by atoms with Gasteiger partial charge in [0.05, 0.1) is 19.4 Å². The number of amides is 1. The van der Waals surface area contributed by atoms with Crippen LogP contribution in [0.4, 0.5) is 0 Å². The van der Waals surface area contributed by atoms with E-state index in [4.69, 9.17) is 4.42 Å². The minimum Gasteiger partial charge on any atom is -0.463 e. The summed E-state index contributed by atoms with van der Waals surface area (Å²) in [6, 6.07) is 1.48. The van der Waals surface area contributed by atoms with Crippen LogP contribution in [0.15, 0.2) is 16.7 Å². The minimum absolute atomic E-state index is 0.0145. The lowest BCUT2D eigenvalue weighted by Gasteiger charge is -2.14. The number of furan rings is 1. The summed E-state index contributed by atoms with van der Waals surface area (Å²) in [4.78, 5) is 23.2. The number of hydrogen-bond donors (Lipinski definition) is 2. The van der Waals surface area contributed by atoms with E-state index in [0.29, 0.717) is 12.1 Å². The summed E-state index contributed by atoms with van der Waals surface area (Å²) < 4.78 is 9.72. The van der Waals surface area contributed by atoms with E-state index < -0.39 is 5.97 Å². The zero-order valence-electron chi connectivity index (χ0n) is 10.9. The topological polar surface area (TPSA) is 80.6 Å². The third kappa shape index (κ3) is 3.35. The first-order chi connectivity index (χ1) is 9.22. The summed E-state index contributed by atoms with van der Waals surface area (Å²) in [5.41, 5.74) is 0.698. The molecule has 2 rings (SSSR count). The quantitative estimate of drug-likeness (QED) is 0.789. The molecule has 0 aliphatic carbocycles. The smallest absolute Gasteiger partial charge is 0.374 e. The molecule has 0 radical (unpaired) electrons. The van der Waals surface area contributed by atoms with E-state index in [1.54, 1.807) is 6.07 Å². The highest BCUT2D eigenvalue weighted by Crippen LogP contribution is 2.13. The number of ether oxygens (including phenoxy) is 1. The number of carbonyl (C=O) groups is 2. The molecule has 2 N–H and O–H groups in total. The van der Waals surface area contributed by atoms with Gasteiger partial charge in [-0.2, -0.15) is 0 Å². The summed E-state index contributed by atoms with van der Waals surface area (Å²) in [6.07, 6.45) is 4.25. The summed E-state index contributed by atoms with van der Waals surface area (Å²) in [7, 11) is 1.31. The van der Waals surface area contributed by atoms with Crippen molar-refractivity contribution in [2.24, 2.45) is 0 Å². The van der Waals surface area contributed by atoms with Crippen LogP contribution >= 0.6 is 0 Å². The molecule has 6 nitrogen and oxygen atoms in total. The van der Waals surface area contributed by atoms with Crippen molar-refractivity contribution in [3.05, 3.63) is 23.7 Å². The zero-order valence-corrected chi connectivity index (χ0v) is 10.9. The zero-order chi connectivity index (χ0) is 13.7. The van der Waals surface area contributed by atoms with E-state index in [-0.39, 0.29) is 17.7 Å². The van der Waals surface area contributed by atoms with Crippen molar-refractivity contribution in [2.75, 3.05) is 13.7 Å². The van der Waals surface area contributed by atoms with Gasteiger partial charge < -0.3 is 19.8 Å². The van der Waals surface area contributed by atoms with E-state index in [1.807, 2.05) is 0 Å². The Hall–Kier alpha value is -1.82. The molecule has 1 aromatic heterocycles. The van der Waals surface area contributed by atoms with Crippen LogP contribution in [0.25, 0.3) is 0 Å². The first-order valence-electron chi connectivity index (χ1n) is 6.38. The second kappa shape index (κ2) is 6.38. The minimum atomic E-state index is -0.507. The highest BCUT2D eigenvalue weighted by Gasteiger charge is 2.22. The number of esters is 1. The lowest BCUT2D eigenvalue weighted by molar-refractivity contribution is -0.122. The maximum atomic E-state index is 11.8. The maximum Gasteiger partial charge on any atom is 0.374 e. The molecule has 19 heavy (non-hydrogen) atoms. The molecule has 1 aromatic rings. The molecule has 0 spiro atoms. The van der Waals surface area contributed by atoms with Gasteiger partial charge in [0.15, 0.2) is 0 Å². The van der Waals surface area contributed by atoms with Crippen LogP contribution in [0.3, 0.4) is 0 Å². The van der Waals surface area contributed by atoms with Crippen molar-refractivity contribution in [1.82, 2.24) is 10.6 Å². The standard InChI is InChI=1S/C13H18N2O4/c1-18-13(17)11-9(5-7-19-11)8-15-10-4-2-3-6-14-12(10)16/h5,7,10,15H,2-4,6,8H2,1H3,(H,14,16). The Morgan fingerprint density at radius 1 is 1.58 bits per heavy atom. The van der Waals surface area contributed by atoms with Crippen molar-refractivity contribution in [1.29, 1.82) is 0 Å². The predicted molar refractivity (Wildman–Crippen MR) is 67.5 cm³/mol. The average Bonchev–Trinajstić information content (AvgIpc) is 2.79. The SMILES string of the molecule is COC(=O)c1occc1CNC1CCCCNC1=O. The number of hydrogen-bond acceptors (Lipinski definition) is 5. The maximum absolute atomic E-state index is 11.8. The van der Waals surface area contributed by atoms with Crippen LogP contribution in [-0.2, 0) is 16.1 Å². The molecular weight excluding hydrogens is 248 g/mol. The van der Waals surface area contributed by atoms with Crippen LogP contribution < -0.4 is 10.6 Å². The molecule has 2 heterocycles. The predicted octanol–water partition coefficient (Wildman–Crippen LogP) is 0.824. The molecule has 0 aromatic carbocycles. The number of carbonyl (C=O) groups excluding carboxylic acids is 2.